The van der Waals surface area contributed by atoms with Crippen molar-refractivity contribution in [1.29, 1.82) is 0 Å². The molecule has 0 amide bonds. The summed E-state index contributed by atoms with van der Waals surface area (Å²) < 4.78 is 0. The first-order valence-corrected chi connectivity index (χ1v) is 6.29. The van der Waals surface area contributed by atoms with E-state index in [4.69, 9.17) is 0 Å². The maximum absolute atomic E-state index is 2.51. The fourth-order valence-corrected chi connectivity index (χ4v) is 4.19. The van der Waals surface area contributed by atoms with Crippen molar-refractivity contribution in [2.24, 2.45) is 17.3 Å². The Hall–Kier alpha value is 0. The molecule has 0 bridgehead atoms. The van der Waals surface area contributed by atoms with Gasteiger partial charge in [-0.3, -0.25) is 0 Å². The Kier molecular flexibility index (Phi) is 2.67. The molecule has 2 fully saturated rings. The second-order valence-corrected chi connectivity index (χ2v) is 5.36. The van der Waals surface area contributed by atoms with Crippen LogP contribution in [-0.2, 0) is 0 Å². The minimum atomic E-state index is 0.774. The van der Waals surface area contributed by atoms with Crippen LogP contribution in [0.5, 0.6) is 0 Å². The summed E-state index contributed by atoms with van der Waals surface area (Å²) in [5.74, 6) is 2.10. The summed E-state index contributed by atoms with van der Waals surface area (Å²) in [5, 5.41) is 0. The summed E-state index contributed by atoms with van der Waals surface area (Å²) in [4.78, 5) is 0. The predicted octanol–water partition coefficient (Wildman–Crippen LogP) is 4.39. The van der Waals surface area contributed by atoms with Crippen LogP contribution in [0.3, 0.4) is 0 Å². The first-order valence-electron chi connectivity index (χ1n) is 6.29. The molecule has 0 heterocycles. The third-order valence-corrected chi connectivity index (χ3v) is 5.09. The Bertz CT molecular complexity index is 171. The molecule has 13 heavy (non-hydrogen) atoms. The molecule has 3 atom stereocenters. The largest absolute Gasteiger partial charge is 0.0648 e. The van der Waals surface area contributed by atoms with Crippen molar-refractivity contribution in [2.75, 3.05) is 0 Å². The minimum Gasteiger partial charge on any atom is -0.0648 e. The Balaban J connectivity index is 2.18. The van der Waals surface area contributed by atoms with Gasteiger partial charge in [0.15, 0.2) is 0 Å². The molecular formula is C13H24. The number of hydrogen-bond acceptors (Lipinski definition) is 0. The number of hydrogen-bond donors (Lipinski definition) is 0. The van der Waals surface area contributed by atoms with Crippen molar-refractivity contribution in [2.45, 2.75) is 65.2 Å². The lowest BCUT2D eigenvalue weighted by atomic mass is 9.54. The molecule has 0 nitrogen and oxygen atoms in total. The lowest BCUT2D eigenvalue weighted by Gasteiger charge is -2.51. The van der Waals surface area contributed by atoms with Crippen LogP contribution in [0.4, 0.5) is 0 Å². The molecule has 3 unspecified atom stereocenters. The van der Waals surface area contributed by atoms with E-state index in [1.54, 1.807) is 0 Å². The molecule has 0 aromatic rings. The maximum Gasteiger partial charge on any atom is -0.0246 e. The maximum atomic E-state index is 2.51. The summed E-state index contributed by atoms with van der Waals surface area (Å²) in [6.45, 7) is 4.95. The molecule has 2 aliphatic carbocycles. The van der Waals surface area contributed by atoms with Gasteiger partial charge in [0.2, 0.25) is 0 Å². The van der Waals surface area contributed by atoms with Gasteiger partial charge >= 0.3 is 0 Å². The smallest absolute Gasteiger partial charge is 0.0246 e. The van der Waals surface area contributed by atoms with Gasteiger partial charge in [0, 0.05) is 0 Å². The Morgan fingerprint density at radius 2 is 1.85 bits per heavy atom. The zero-order valence-electron chi connectivity index (χ0n) is 9.31. The second kappa shape index (κ2) is 3.63. The fraction of sp³-hybridized carbons (Fsp3) is 1.00. The Labute approximate surface area is 83.1 Å². The normalized spacial score (nSPS) is 45.7. The highest BCUT2D eigenvalue weighted by Gasteiger charge is 2.44. The summed E-state index contributed by atoms with van der Waals surface area (Å²) in [6, 6.07) is 0. The van der Waals surface area contributed by atoms with Gasteiger partial charge < -0.3 is 0 Å². The van der Waals surface area contributed by atoms with Gasteiger partial charge in [-0.15, -0.1) is 0 Å². The van der Waals surface area contributed by atoms with E-state index in [-0.39, 0.29) is 0 Å². The second-order valence-electron chi connectivity index (χ2n) is 5.36. The van der Waals surface area contributed by atoms with Crippen LogP contribution >= 0.6 is 0 Å². The van der Waals surface area contributed by atoms with Gasteiger partial charge in [0.25, 0.3) is 0 Å². The molecule has 0 aromatic carbocycles. The third-order valence-electron chi connectivity index (χ3n) is 5.09. The average Bonchev–Trinajstić information content (AvgIpc) is 2.19. The van der Waals surface area contributed by atoms with E-state index in [9.17, 15) is 0 Å². The van der Waals surface area contributed by atoms with E-state index < -0.39 is 0 Å². The van der Waals surface area contributed by atoms with Gasteiger partial charge in [-0.2, -0.15) is 0 Å². The van der Waals surface area contributed by atoms with Crippen molar-refractivity contribution >= 4 is 0 Å². The third kappa shape index (κ3) is 1.43. The summed E-state index contributed by atoms with van der Waals surface area (Å²) in [6.07, 6.45) is 12.1. The fourth-order valence-electron chi connectivity index (χ4n) is 4.19. The van der Waals surface area contributed by atoms with Gasteiger partial charge in [-0.05, 0) is 42.9 Å². The summed E-state index contributed by atoms with van der Waals surface area (Å²) in [7, 11) is 0. The van der Waals surface area contributed by atoms with E-state index in [1.807, 2.05) is 0 Å². The number of rotatable bonds is 1. The standard InChI is InChI=1S/C13H24/c1-3-13-10-5-4-8-12(13)9-6-7-11(13)2/h11-12H,3-10H2,1-2H3. The topological polar surface area (TPSA) is 0 Å². The van der Waals surface area contributed by atoms with Crippen molar-refractivity contribution in [3.05, 3.63) is 0 Å². The van der Waals surface area contributed by atoms with Gasteiger partial charge in [-0.25, -0.2) is 0 Å². The van der Waals surface area contributed by atoms with E-state index >= 15 is 0 Å². The molecule has 0 spiro atoms. The lowest BCUT2D eigenvalue weighted by Crippen LogP contribution is -2.41. The van der Waals surface area contributed by atoms with Crippen molar-refractivity contribution < 1.29 is 0 Å². The molecule has 0 N–H and O–H groups in total. The van der Waals surface area contributed by atoms with Crippen molar-refractivity contribution in [1.82, 2.24) is 0 Å². The van der Waals surface area contributed by atoms with E-state index in [0.29, 0.717) is 0 Å². The zero-order valence-corrected chi connectivity index (χ0v) is 9.31. The molecule has 2 rings (SSSR count). The zero-order chi connectivity index (χ0) is 9.31. The summed E-state index contributed by atoms with van der Waals surface area (Å²) in [5.41, 5.74) is 0.774. The molecule has 2 aliphatic rings. The Morgan fingerprint density at radius 1 is 1.08 bits per heavy atom. The first-order chi connectivity index (χ1) is 6.29. The van der Waals surface area contributed by atoms with Gasteiger partial charge in [0.05, 0.1) is 0 Å². The molecule has 0 saturated heterocycles. The van der Waals surface area contributed by atoms with E-state index in [1.165, 1.54) is 51.4 Å². The molecular weight excluding hydrogens is 156 g/mol. The van der Waals surface area contributed by atoms with Gasteiger partial charge in [0.1, 0.15) is 0 Å². The van der Waals surface area contributed by atoms with E-state index in [0.717, 1.165) is 17.3 Å². The van der Waals surface area contributed by atoms with Gasteiger partial charge in [-0.1, -0.05) is 39.5 Å². The van der Waals surface area contributed by atoms with Crippen LogP contribution in [0, 0.1) is 17.3 Å². The highest BCUT2D eigenvalue weighted by Crippen LogP contribution is 2.55. The van der Waals surface area contributed by atoms with Crippen LogP contribution in [0.25, 0.3) is 0 Å². The lowest BCUT2D eigenvalue weighted by molar-refractivity contribution is -0.0106. The summed E-state index contributed by atoms with van der Waals surface area (Å²) >= 11 is 0. The average molecular weight is 180 g/mol. The Morgan fingerprint density at radius 3 is 2.54 bits per heavy atom. The molecule has 0 aliphatic heterocycles. The molecule has 0 heteroatoms. The van der Waals surface area contributed by atoms with Crippen LogP contribution in [0.2, 0.25) is 0 Å². The molecule has 76 valence electrons. The predicted molar refractivity (Wildman–Crippen MR) is 57.7 cm³/mol. The molecule has 0 aromatic heterocycles. The monoisotopic (exact) mass is 180 g/mol. The quantitative estimate of drug-likeness (QED) is 0.561. The first kappa shape index (κ1) is 9.55. The minimum absolute atomic E-state index is 0.774. The van der Waals surface area contributed by atoms with Crippen LogP contribution in [0.15, 0.2) is 0 Å². The van der Waals surface area contributed by atoms with Crippen LogP contribution in [0.1, 0.15) is 65.2 Å². The highest BCUT2D eigenvalue weighted by molar-refractivity contribution is 4.95. The van der Waals surface area contributed by atoms with Crippen LogP contribution < -0.4 is 0 Å². The highest BCUT2D eigenvalue weighted by atomic mass is 14.5. The number of fused-ring (bicyclic) bond motifs is 1. The van der Waals surface area contributed by atoms with Crippen molar-refractivity contribution in [3.8, 4) is 0 Å². The SMILES string of the molecule is CCC12CCCCC1CCCC2C. The molecule has 2 saturated carbocycles. The van der Waals surface area contributed by atoms with Crippen LogP contribution in [-0.4, -0.2) is 0 Å². The van der Waals surface area contributed by atoms with Crippen molar-refractivity contribution in [3.63, 3.8) is 0 Å². The molecule has 0 radical (unpaired) electrons. The van der Waals surface area contributed by atoms with E-state index in [2.05, 4.69) is 13.8 Å².